The molecule has 1 aromatic carbocycles. The minimum absolute atomic E-state index is 0.0148. The molecule has 0 spiro atoms. The Kier molecular flexibility index (Phi) is 2.90. The molecule has 0 aliphatic rings. The normalized spacial score (nSPS) is 12.2. The summed E-state index contributed by atoms with van der Waals surface area (Å²) >= 11 is 0. The Balaban J connectivity index is 2.76. The van der Waals surface area contributed by atoms with Crippen molar-refractivity contribution in [2.45, 2.75) is 19.9 Å². The molecule has 0 saturated heterocycles. The van der Waals surface area contributed by atoms with Crippen molar-refractivity contribution in [2.24, 2.45) is 0 Å². The van der Waals surface area contributed by atoms with Gasteiger partial charge in [0.25, 0.3) is 0 Å². The van der Waals surface area contributed by atoms with E-state index in [0.717, 1.165) is 11.3 Å². The zero-order valence-electron chi connectivity index (χ0n) is 7.87. The molecule has 0 aliphatic carbocycles. The number of nitrogen functional groups attached to an aromatic ring is 1. The molecule has 0 bridgehead atoms. The number of benzene rings is 1. The number of nitrogens with one attached hydrogen (secondary N) is 1. The van der Waals surface area contributed by atoms with E-state index in [9.17, 15) is 4.79 Å². The predicted octanol–water partition coefficient (Wildman–Crippen LogP) is 1.47. The van der Waals surface area contributed by atoms with E-state index in [1.54, 1.807) is 0 Å². The van der Waals surface area contributed by atoms with Gasteiger partial charge in [-0.05, 0) is 24.6 Å². The van der Waals surface area contributed by atoms with Crippen molar-refractivity contribution in [3.05, 3.63) is 29.8 Å². The zero-order valence-corrected chi connectivity index (χ0v) is 7.87. The molecule has 13 heavy (non-hydrogen) atoms. The molecule has 3 nitrogen and oxygen atoms in total. The molecule has 0 radical (unpaired) electrons. The van der Waals surface area contributed by atoms with Crippen LogP contribution in [0.2, 0.25) is 0 Å². The first-order valence-corrected chi connectivity index (χ1v) is 4.22. The third-order valence-electron chi connectivity index (χ3n) is 1.83. The van der Waals surface area contributed by atoms with Gasteiger partial charge in [-0.3, -0.25) is 4.79 Å². The largest absolute Gasteiger partial charge is 0.399 e. The Morgan fingerprint density at radius 2 is 2.23 bits per heavy atom. The van der Waals surface area contributed by atoms with Crippen molar-refractivity contribution in [1.29, 1.82) is 0 Å². The molecular formula is C10H14N2O. The maximum atomic E-state index is 10.8. The van der Waals surface area contributed by atoms with Crippen LogP contribution < -0.4 is 11.1 Å². The molecule has 1 amide bonds. The Bertz CT molecular complexity index is 310. The number of hydrogen-bond donors (Lipinski definition) is 2. The van der Waals surface area contributed by atoms with Crippen LogP contribution in [0, 0.1) is 0 Å². The minimum atomic E-state index is -0.0325. The van der Waals surface area contributed by atoms with E-state index in [2.05, 4.69) is 5.32 Å². The highest BCUT2D eigenvalue weighted by molar-refractivity contribution is 5.73. The van der Waals surface area contributed by atoms with Crippen molar-refractivity contribution in [3.63, 3.8) is 0 Å². The van der Waals surface area contributed by atoms with Crippen LogP contribution in [0.4, 0.5) is 5.69 Å². The highest BCUT2D eigenvalue weighted by Crippen LogP contribution is 2.14. The molecule has 0 unspecified atom stereocenters. The Hall–Kier alpha value is -1.51. The third-order valence-corrected chi connectivity index (χ3v) is 1.83. The molecule has 3 heteroatoms. The van der Waals surface area contributed by atoms with Gasteiger partial charge < -0.3 is 11.1 Å². The van der Waals surface area contributed by atoms with E-state index in [0.29, 0.717) is 0 Å². The lowest BCUT2D eigenvalue weighted by atomic mass is 10.1. The van der Waals surface area contributed by atoms with E-state index in [-0.39, 0.29) is 11.9 Å². The van der Waals surface area contributed by atoms with Gasteiger partial charge in [0.1, 0.15) is 0 Å². The lowest BCUT2D eigenvalue weighted by Gasteiger charge is -2.12. The zero-order chi connectivity index (χ0) is 9.84. The summed E-state index contributed by atoms with van der Waals surface area (Å²) in [5.41, 5.74) is 7.36. The average molecular weight is 178 g/mol. The van der Waals surface area contributed by atoms with Gasteiger partial charge in [0.05, 0.1) is 6.04 Å². The molecule has 0 aliphatic heterocycles. The Morgan fingerprint density at radius 1 is 1.54 bits per heavy atom. The van der Waals surface area contributed by atoms with Crippen molar-refractivity contribution in [1.82, 2.24) is 5.32 Å². The van der Waals surface area contributed by atoms with Gasteiger partial charge in [-0.1, -0.05) is 12.1 Å². The van der Waals surface area contributed by atoms with E-state index < -0.39 is 0 Å². The topological polar surface area (TPSA) is 55.1 Å². The van der Waals surface area contributed by atoms with Crippen LogP contribution in [-0.2, 0) is 4.79 Å². The molecule has 0 aromatic heterocycles. The van der Waals surface area contributed by atoms with Crippen molar-refractivity contribution in [2.75, 3.05) is 5.73 Å². The lowest BCUT2D eigenvalue weighted by Crippen LogP contribution is -2.23. The molecule has 1 atom stereocenters. The quantitative estimate of drug-likeness (QED) is 0.674. The van der Waals surface area contributed by atoms with Crippen LogP contribution in [0.3, 0.4) is 0 Å². The van der Waals surface area contributed by atoms with Crippen LogP contribution in [0.25, 0.3) is 0 Å². The highest BCUT2D eigenvalue weighted by Gasteiger charge is 2.05. The molecule has 70 valence electrons. The molecule has 1 rings (SSSR count). The van der Waals surface area contributed by atoms with Gasteiger partial charge in [-0.2, -0.15) is 0 Å². The lowest BCUT2D eigenvalue weighted by molar-refractivity contribution is -0.119. The molecule has 0 fully saturated rings. The van der Waals surface area contributed by atoms with Crippen LogP contribution in [0.5, 0.6) is 0 Å². The van der Waals surface area contributed by atoms with Gasteiger partial charge in [0, 0.05) is 12.6 Å². The first-order valence-electron chi connectivity index (χ1n) is 4.22. The van der Waals surface area contributed by atoms with E-state index in [1.165, 1.54) is 6.92 Å². The highest BCUT2D eigenvalue weighted by atomic mass is 16.1. The molecule has 3 N–H and O–H groups in total. The molecule has 1 aromatic rings. The summed E-state index contributed by atoms with van der Waals surface area (Å²) < 4.78 is 0. The third kappa shape index (κ3) is 2.78. The standard InChI is InChI=1S/C10H14N2O/c1-7(12-8(2)13)9-4-3-5-10(11)6-9/h3-7H,11H2,1-2H3,(H,12,13)/t7-/m1/s1. The Labute approximate surface area is 77.9 Å². The minimum Gasteiger partial charge on any atom is -0.399 e. The smallest absolute Gasteiger partial charge is 0.217 e. The second-order valence-electron chi connectivity index (χ2n) is 3.09. The monoisotopic (exact) mass is 178 g/mol. The van der Waals surface area contributed by atoms with Gasteiger partial charge in [-0.25, -0.2) is 0 Å². The number of amides is 1. The first-order chi connectivity index (χ1) is 6.09. The van der Waals surface area contributed by atoms with Crippen LogP contribution >= 0.6 is 0 Å². The predicted molar refractivity (Wildman–Crippen MR) is 53.1 cm³/mol. The second kappa shape index (κ2) is 3.94. The number of carbonyl (C=O) groups excluding carboxylic acids is 1. The van der Waals surface area contributed by atoms with Crippen LogP contribution in [0.15, 0.2) is 24.3 Å². The first kappa shape index (κ1) is 9.58. The number of anilines is 1. The molecule has 0 heterocycles. The van der Waals surface area contributed by atoms with Crippen molar-refractivity contribution < 1.29 is 4.79 Å². The van der Waals surface area contributed by atoms with E-state index >= 15 is 0 Å². The fourth-order valence-electron chi connectivity index (χ4n) is 1.22. The summed E-state index contributed by atoms with van der Waals surface area (Å²) in [4.78, 5) is 10.8. The van der Waals surface area contributed by atoms with Crippen molar-refractivity contribution in [3.8, 4) is 0 Å². The number of carbonyl (C=O) groups is 1. The summed E-state index contributed by atoms with van der Waals surface area (Å²) in [6, 6.07) is 7.52. The summed E-state index contributed by atoms with van der Waals surface area (Å²) in [6.45, 7) is 3.43. The van der Waals surface area contributed by atoms with E-state index in [1.807, 2.05) is 31.2 Å². The number of rotatable bonds is 2. The average Bonchev–Trinajstić information content (AvgIpc) is 2.03. The maximum absolute atomic E-state index is 10.8. The molecular weight excluding hydrogens is 164 g/mol. The van der Waals surface area contributed by atoms with Gasteiger partial charge in [-0.15, -0.1) is 0 Å². The second-order valence-corrected chi connectivity index (χ2v) is 3.09. The van der Waals surface area contributed by atoms with Crippen LogP contribution in [0.1, 0.15) is 25.5 Å². The number of hydrogen-bond acceptors (Lipinski definition) is 2. The summed E-state index contributed by atoms with van der Waals surface area (Å²) in [5, 5.41) is 2.79. The number of nitrogens with two attached hydrogens (primary N) is 1. The Morgan fingerprint density at radius 3 is 2.77 bits per heavy atom. The summed E-state index contributed by atoms with van der Waals surface area (Å²) in [6.07, 6.45) is 0. The van der Waals surface area contributed by atoms with Crippen LogP contribution in [-0.4, -0.2) is 5.91 Å². The summed E-state index contributed by atoms with van der Waals surface area (Å²) in [5.74, 6) is -0.0325. The van der Waals surface area contributed by atoms with E-state index in [4.69, 9.17) is 5.73 Å². The summed E-state index contributed by atoms with van der Waals surface area (Å²) in [7, 11) is 0. The van der Waals surface area contributed by atoms with Gasteiger partial charge in [0.2, 0.25) is 5.91 Å². The fraction of sp³-hybridized carbons (Fsp3) is 0.300. The maximum Gasteiger partial charge on any atom is 0.217 e. The van der Waals surface area contributed by atoms with Gasteiger partial charge in [0.15, 0.2) is 0 Å². The van der Waals surface area contributed by atoms with Gasteiger partial charge >= 0.3 is 0 Å². The van der Waals surface area contributed by atoms with Crippen molar-refractivity contribution >= 4 is 11.6 Å². The SMILES string of the molecule is CC(=O)N[C@H](C)c1cccc(N)c1. The fourth-order valence-corrected chi connectivity index (χ4v) is 1.22. The molecule has 0 saturated carbocycles.